The molecule has 134 valence electrons. The fourth-order valence-corrected chi connectivity index (χ4v) is 4.56. The Hall–Kier alpha value is -2.08. The molecule has 25 heavy (non-hydrogen) atoms. The highest BCUT2D eigenvalue weighted by Gasteiger charge is 2.40. The summed E-state index contributed by atoms with van der Waals surface area (Å²) in [6.07, 6.45) is 4.51. The van der Waals surface area contributed by atoms with Crippen LogP contribution >= 0.6 is 0 Å². The zero-order chi connectivity index (χ0) is 17.4. The molecular formula is C19H25N3O3. The second-order valence-electron chi connectivity index (χ2n) is 7.07. The number of rotatable bonds is 3. The zero-order valence-corrected chi connectivity index (χ0v) is 14.7. The van der Waals surface area contributed by atoms with Crippen molar-refractivity contribution in [1.82, 2.24) is 9.80 Å². The smallest absolute Gasteiger partial charge is 0.262 e. The summed E-state index contributed by atoms with van der Waals surface area (Å²) >= 11 is 0. The number of benzene rings is 1. The van der Waals surface area contributed by atoms with Crippen molar-refractivity contribution in [1.29, 1.82) is 0 Å². The summed E-state index contributed by atoms with van der Waals surface area (Å²) in [6.45, 7) is 5.14. The van der Waals surface area contributed by atoms with Gasteiger partial charge in [0.15, 0.2) is 12.4 Å². The van der Waals surface area contributed by atoms with Crippen LogP contribution in [0, 0.1) is 0 Å². The van der Waals surface area contributed by atoms with Gasteiger partial charge in [0, 0.05) is 18.6 Å². The van der Waals surface area contributed by atoms with Gasteiger partial charge in [0.2, 0.25) is 0 Å². The lowest BCUT2D eigenvalue weighted by atomic mass is 10.0. The van der Waals surface area contributed by atoms with Crippen molar-refractivity contribution in [3.63, 3.8) is 0 Å². The molecule has 6 heteroatoms. The number of hydrogen-bond donors (Lipinski definition) is 1. The topological polar surface area (TPSA) is 61.9 Å². The molecular weight excluding hydrogens is 318 g/mol. The van der Waals surface area contributed by atoms with Gasteiger partial charge in [0.25, 0.3) is 11.8 Å². The van der Waals surface area contributed by atoms with Crippen LogP contribution in [0.1, 0.15) is 43.0 Å². The van der Waals surface area contributed by atoms with E-state index in [4.69, 9.17) is 4.74 Å². The lowest BCUT2D eigenvalue weighted by Gasteiger charge is -2.35. The van der Waals surface area contributed by atoms with E-state index in [1.165, 1.54) is 12.8 Å². The van der Waals surface area contributed by atoms with Crippen LogP contribution in [0.3, 0.4) is 0 Å². The van der Waals surface area contributed by atoms with Crippen molar-refractivity contribution >= 4 is 17.5 Å². The van der Waals surface area contributed by atoms with E-state index in [1.54, 1.807) is 18.2 Å². The van der Waals surface area contributed by atoms with Gasteiger partial charge in [-0.05, 0) is 50.9 Å². The Morgan fingerprint density at radius 2 is 2.04 bits per heavy atom. The number of nitrogens with one attached hydrogen (secondary N) is 1. The van der Waals surface area contributed by atoms with E-state index in [1.807, 2.05) is 4.90 Å². The van der Waals surface area contributed by atoms with Gasteiger partial charge in [-0.2, -0.15) is 0 Å². The molecule has 0 aromatic heterocycles. The molecule has 0 unspecified atom stereocenters. The van der Waals surface area contributed by atoms with Crippen LogP contribution in [-0.2, 0) is 4.79 Å². The Morgan fingerprint density at radius 3 is 2.88 bits per heavy atom. The number of hydrogen-bond acceptors (Lipinski definition) is 4. The van der Waals surface area contributed by atoms with Crippen LogP contribution in [0.15, 0.2) is 18.2 Å². The molecule has 0 saturated carbocycles. The van der Waals surface area contributed by atoms with E-state index in [2.05, 4.69) is 17.1 Å². The Balaban J connectivity index is 1.60. The summed E-state index contributed by atoms with van der Waals surface area (Å²) in [6, 6.07) is 6.14. The lowest BCUT2D eigenvalue weighted by molar-refractivity contribution is -0.118. The van der Waals surface area contributed by atoms with Crippen molar-refractivity contribution in [2.45, 2.75) is 44.7 Å². The molecule has 2 amide bonds. The Bertz CT molecular complexity index is 690. The van der Waals surface area contributed by atoms with Gasteiger partial charge in [-0.1, -0.05) is 13.0 Å². The van der Waals surface area contributed by atoms with Crippen LogP contribution in [0.4, 0.5) is 5.69 Å². The molecule has 1 aromatic carbocycles. The SMILES string of the molecule is CCN1CCC[C@H]1[C@H]1CCCN1C(=O)c1cccc2c1OCC(=O)N2. The Kier molecular flexibility index (Phi) is 4.37. The van der Waals surface area contributed by atoms with Crippen molar-refractivity contribution in [2.75, 3.05) is 31.6 Å². The van der Waals surface area contributed by atoms with Gasteiger partial charge < -0.3 is 15.0 Å². The van der Waals surface area contributed by atoms with E-state index >= 15 is 0 Å². The third-order valence-corrected chi connectivity index (χ3v) is 5.69. The molecule has 3 heterocycles. The number of fused-ring (bicyclic) bond motifs is 1. The minimum Gasteiger partial charge on any atom is -0.481 e. The van der Waals surface area contributed by atoms with Crippen molar-refractivity contribution in [3.8, 4) is 5.75 Å². The number of anilines is 1. The fraction of sp³-hybridized carbons (Fsp3) is 0.579. The summed E-state index contributed by atoms with van der Waals surface area (Å²) in [5.74, 6) is 0.357. The maximum atomic E-state index is 13.3. The number of para-hydroxylation sites is 1. The standard InChI is InChI=1S/C19H25N3O3/c1-2-21-10-4-8-15(21)16-9-5-11-22(16)19(24)13-6-3-7-14-18(13)25-12-17(23)20-14/h3,6-7,15-16H,2,4-5,8-12H2,1H3,(H,20,23)/t15-,16+/m0/s1. The normalized spacial score (nSPS) is 26.3. The van der Waals surface area contributed by atoms with E-state index in [0.29, 0.717) is 23.0 Å². The van der Waals surface area contributed by atoms with Crippen molar-refractivity contribution in [3.05, 3.63) is 23.8 Å². The molecule has 1 aromatic rings. The maximum Gasteiger partial charge on any atom is 0.262 e. The molecule has 0 spiro atoms. The first-order chi connectivity index (χ1) is 12.2. The minimum absolute atomic E-state index is 0.0263. The third kappa shape index (κ3) is 2.88. The van der Waals surface area contributed by atoms with Gasteiger partial charge in [-0.25, -0.2) is 0 Å². The van der Waals surface area contributed by atoms with Gasteiger partial charge in [0.1, 0.15) is 0 Å². The zero-order valence-electron chi connectivity index (χ0n) is 14.7. The molecule has 1 N–H and O–H groups in total. The second-order valence-corrected chi connectivity index (χ2v) is 7.07. The van der Waals surface area contributed by atoms with Crippen LogP contribution in [0.25, 0.3) is 0 Å². The molecule has 3 aliphatic heterocycles. The Labute approximate surface area is 148 Å². The molecule has 2 saturated heterocycles. The van der Waals surface area contributed by atoms with Gasteiger partial charge in [0.05, 0.1) is 11.3 Å². The van der Waals surface area contributed by atoms with E-state index in [-0.39, 0.29) is 24.5 Å². The average molecular weight is 343 g/mol. The number of carbonyl (C=O) groups is 2. The predicted molar refractivity (Wildman–Crippen MR) is 94.9 cm³/mol. The largest absolute Gasteiger partial charge is 0.481 e. The first-order valence-corrected chi connectivity index (χ1v) is 9.29. The molecule has 2 fully saturated rings. The van der Waals surface area contributed by atoms with Crippen LogP contribution in [-0.4, -0.2) is 59.9 Å². The van der Waals surface area contributed by atoms with Crippen molar-refractivity contribution in [2.24, 2.45) is 0 Å². The quantitative estimate of drug-likeness (QED) is 0.913. The molecule has 6 nitrogen and oxygen atoms in total. The fourth-order valence-electron chi connectivity index (χ4n) is 4.56. The van der Waals surface area contributed by atoms with E-state index in [9.17, 15) is 9.59 Å². The first-order valence-electron chi connectivity index (χ1n) is 9.29. The molecule has 3 aliphatic rings. The number of nitrogens with zero attached hydrogens (tertiary/aromatic N) is 2. The average Bonchev–Trinajstić information content (AvgIpc) is 3.28. The molecule has 0 bridgehead atoms. The third-order valence-electron chi connectivity index (χ3n) is 5.69. The Morgan fingerprint density at radius 1 is 1.24 bits per heavy atom. The number of amides is 2. The summed E-state index contributed by atoms with van der Waals surface area (Å²) in [4.78, 5) is 29.3. The highest BCUT2D eigenvalue weighted by atomic mass is 16.5. The van der Waals surface area contributed by atoms with Gasteiger partial charge in [-0.3, -0.25) is 14.5 Å². The monoisotopic (exact) mass is 343 g/mol. The minimum atomic E-state index is -0.180. The molecule has 2 atom stereocenters. The highest BCUT2D eigenvalue weighted by Crippen LogP contribution is 2.35. The number of likely N-dealkylation sites (N-methyl/N-ethyl adjacent to an activating group) is 1. The number of carbonyl (C=O) groups excluding carboxylic acids is 2. The second kappa shape index (κ2) is 6.67. The van der Waals surface area contributed by atoms with Crippen LogP contribution < -0.4 is 10.1 Å². The molecule has 0 radical (unpaired) electrons. The maximum absolute atomic E-state index is 13.3. The number of ether oxygens (including phenoxy) is 1. The van der Waals surface area contributed by atoms with E-state index in [0.717, 1.165) is 32.5 Å². The summed E-state index contributed by atoms with van der Waals surface area (Å²) in [7, 11) is 0. The van der Waals surface area contributed by atoms with Crippen LogP contribution in [0.5, 0.6) is 5.75 Å². The summed E-state index contributed by atoms with van der Waals surface area (Å²) < 4.78 is 5.58. The lowest BCUT2D eigenvalue weighted by Crippen LogP contribution is -2.48. The first kappa shape index (κ1) is 16.4. The van der Waals surface area contributed by atoms with Gasteiger partial charge in [-0.15, -0.1) is 0 Å². The van der Waals surface area contributed by atoms with Crippen molar-refractivity contribution < 1.29 is 14.3 Å². The van der Waals surface area contributed by atoms with Gasteiger partial charge >= 0.3 is 0 Å². The number of likely N-dealkylation sites (tertiary alicyclic amines) is 2. The summed E-state index contributed by atoms with van der Waals surface area (Å²) in [5, 5.41) is 2.79. The molecule has 4 rings (SSSR count). The van der Waals surface area contributed by atoms with Crippen LogP contribution in [0.2, 0.25) is 0 Å². The highest BCUT2D eigenvalue weighted by molar-refractivity contribution is 6.03. The summed E-state index contributed by atoms with van der Waals surface area (Å²) in [5.41, 5.74) is 1.15. The van der Waals surface area contributed by atoms with E-state index < -0.39 is 0 Å². The molecule has 0 aliphatic carbocycles. The predicted octanol–water partition coefficient (Wildman–Crippen LogP) is 2.11.